The molecule has 5 nitrogen and oxygen atoms in total. The summed E-state index contributed by atoms with van der Waals surface area (Å²) in [6.07, 6.45) is 6.92. The molecule has 0 radical (unpaired) electrons. The van der Waals surface area contributed by atoms with Crippen LogP contribution < -0.4 is 4.74 Å². The average molecular weight is 405 g/mol. The van der Waals surface area contributed by atoms with Gasteiger partial charge in [-0.1, -0.05) is 24.4 Å². The fourth-order valence-corrected chi connectivity index (χ4v) is 4.87. The van der Waals surface area contributed by atoms with Crippen LogP contribution in [0, 0.1) is 11.8 Å². The molecule has 0 saturated carbocycles. The van der Waals surface area contributed by atoms with Crippen LogP contribution in [-0.2, 0) is 16.0 Å². The summed E-state index contributed by atoms with van der Waals surface area (Å²) >= 11 is 6.09. The van der Waals surface area contributed by atoms with Gasteiger partial charge in [-0.2, -0.15) is 0 Å². The van der Waals surface area contributed by atoms with Gasteiger partial charge in [-0.25, -0.2) is 0 Å². The summed E-state index contributed by atoms with van der Waals surface area (Å²) in [6, 6.07) is 5.58. The van der Waals surface area contributed by atoms with Crippen molar-refractivity contribution in [1.29, 1.82) is 0 Å². The van der Waals surface area contributed by atoms with Crippen LogP contribution in [0.25, 0.3) is 0 Å². The number of rotatable bonds is 2. The van der Waals surface area contributed by atoms with E-state index in [0.29, 0.717) is 37.0 Å². The molecular weight excluding hydrogens is 376 g/mol. The molecule has 6 heteroatoms. The normalized spacial score (nSPS) is 23.5. The largest absolute Gasteiger partial charge is 0.492 e. The lowest BCUT2D eigenvalue weighted by Gasteiger charge is -2.36. The molecule has 2 fully saturated rings. The number of likely N-dealkylation sites (tertiary alicyclic amines) is 2. The molecule has 0 N–H and O–H groups in total. The zero-order valence-electron chi connectivity index (χ0n) is 16.4. The van der Waals surface area contributed by atoms with Crippen molar-refractivity contribution in [2.45, 2.75) is 44.9 Å². The smallest absolute Gasteiger partial charge is 0.229 e. The number of ether oxygens (including phenoxy) is 1. The van der Waals surface area contributed by atoms with Gasteiger partial charge in [0, 0.05) is 37.1 Å². The van der Waals surface area contributed by atoms with E-state index >= 15 is 0 Å². The number of hydrogen-bond acceptors (Lipinski definition) is 3. The minimum Gasteiger partial charge on any atom is -0.492 e. The number of nitrogens with zero attached hydrogens (tertiary/aromatic N) is 2. The highest BCUT2D eigenvalue weighted by atomic mass is 35.5. The highest BCUT2D eigenvalue weighted by Crippen LogP contribution is 2.31. The zero-order valence-corrected chi connectivity index (χ0v) is 17.1. The van der Waals surface area contributed by atoms with Crippen LogP contribution in [-0.4, -0.2) is 54.4 Å². The van der Waals surface area contributed by atoms with Gasteiger partial charge in [0.2, 0.25) is 11.8 Å². The first-order valence-electron chi connectivity index (χ1n) is 10.6. The van der Waals surface area contributed by atoms with Crippen molar-refractivity contribution in [2.24, 2.45) is 11.8 Å². The summed E-state index contributed by atoms with van der Waals surface area (Å²) in [4.78, 5) is 29.8. The monoisotopic (exact) mass is 404 g/mol. The van der Waals surface area contributed by atoms with Crippen molar-refractivity contribution in [3.63, 3.8) is 0 Å². The third kappa shape index (κ3) is 4.29. The summed E-state index contributed by atoms with van der Waals surface area (Å²) in [5.41, 5.74) is 1.00. The van der Waals surface area contributed by atoms with Crippen molar-refractivity contribution in [2.75, 3.05) is 32.8 Å². The van der Waals surface area contributed by atoms with Crippen LogP contribution >= 0.6 is 11.6 Å². The number of halogens is 1. The summed E-state index contributed by atoms with van der Waals surface area (Å²) in [5, 5.41) is 0.670. The predicted molar refractivity (Wildman–Crippen MR) is 108 cm³/mol. The summed E-state index contributed by atoms with van der Waals surface area (Å²) in [6.45, 7) is 3.56. The fraction of sp³-hybridized carbons (Fsp3) is 0.636. The third-order valence-electron chi connectivity index (χ3n) is 6.35. The van der Waals surface area contributed by atoms with Gasteiger partial charge in [0.05, 0.1) is 5.92 Å². The SMILES string of the molecule is O=C(C1CCN(C(=O)[C@H]2COc3ccc(Cl)cc3C2)CC1)N1CCCCCC1. The minimum absolute atomic E-state index is 0.0734. The zero-order chi connectivity index (χ0) is 19.5. The Bertz CT molecular complexity index is 722. The van der Waals surface area contributed by atoms with Gasteiger partial charge < -0.3 is 14.5 Å². The average Bonchev–Trinajstić information content (AvgIpc) is 3.02. The maximum atomic E-state index is 13.0. The molecular formula is C22H29ClN2O3. The number of carbonyl (C=O) groups is 2. The Labute approximate surface area is 172 Å². The highest BCUT2D eigenvalue weighted by molar-refractivity contribution is 6.30. The summed E-state index contributed by atoms with van der Waals surface area (Å²) < 4.78 is 5.79. The maximum absolute atomic E-state index is 13.0. The van der Waals surface area contributed by atoms with Gasteiger partial charge in [-0.3, -0.25) is 9.59 Å². The van der Waals surface area contributed by atoms with Crippen molar-refractivity contribution >= 4 is 23.4 Å². The quantitative estimate of drug-likeness (QED) is 0.757. The molecule has 1 aromatic rings. The van der Waals surface area contributed by atoms with Crippen molar-refractivity contribution in [1.82, 2.24) is 9.80 Å². The fourth-order valence-electron chi connectivity index (χ4n) is 4.68. The summed E-state index contributed by atoms with van der Waals surface area (Å²) in [7, 11) is 0. The molecule has 2 saturated heterocycles. The first kappa shape index (κ1) is 19.6. The van der Waals surface area contributed by atoms with Gasteiger partial charge in [0.25, 0.3) is 0 Å². The Morgan fingerprint density at radius 2 is 1.54 bits per heavy atom. The first-order valence-corrected chi connectivity index (χ1v) is 11.0. The molecule has 0 spiro atoms. The Balaban J connectivity index is 1.31. The summed E-state index contributed by atoms with van der Waals surface area (Å²) in [5.74, 6) is 1.19. The van der Waals surface area contributed by atoms with Crippen LogP contribution in [0.4, 0.5) is 0 Å². The Morgan fingerprint density at radius 1 is 0.893 bits per heavy atom. The van der Waals surface area contributed by atoms with E-state index < -0.39 is 0 Å². The molecule has 4 rings (SSSR count). The number of hydrogen-bond donors (Lipinski definition) is 0. The second kappa shape index (κ2) is 8.73. The minimum atomic E-state index is -0.163. The molecule has 0 aliphatic carbocycles. The van der Waals surface area contributed by atoms with Crippen LogP contribution in [0.2, 0.25) is 5.02 Å². The van der Waals surface area contributed by atoms with Crippen molar-refractivity contribution in [3.05, 3.63) is 28.8 Å². The van der Waals surface area contributed by atoms with E-state index in [4.69, 9.17) is 16.3 Å². The van der Waals surface area contributed by atoms with Gasteiger partial charge >= 0.3 is 0 Å². The number of benzene rings is 1. The molecule has 1 atom stereocenters. The molecule has 0 aromatic heterocycles. The Morgan fingerprint density at radius 3 is 2.25 bits per heavy atom. The van der Waals surface area contributed by atoms with Crippen molar-refractivity contribution < 1.29 is 14.3 Å². The van der Waals surface area contributed by atoms with E-state index in [-0.39, 0.29) is 17.7 Å². The molecule has 28 heavy (non-hydrogen) atoms. The standard InChI is InChI=1S/C22H29ClN2O3/c23-19-5-6-20-17(14-19)13-18(15-28-20)22(27)25-11-7-16(8-12-25)21(26)24-9-3-1-2-4-10-24/h5-6,14,16,18H,1-4,7-13,15H2/t18-/m1/s1. The lowest BCUT2D eigenvalue weighted by molar-refractivity contribution is -0.143. The molecule has 3 heterocycles. The topological polar surface area (TPSA) is 49.9 Å². The Kier molecular flexibility index (Phi) is 6.10. The van der Waals surface area contributed by atoms with Crippen LogP contribution in [0.5, 0.6) is 5.75 Å². The van der Waals surface area contributed by atoms with E-state index in [1.54, 1.807) is 0 Å². The van der Waals surface area contributed by atoms with Crippen LogP contribution in [0.15, 0.2) is 18.2 Å². The van der Waals surface area contributed by atoms with E-state index in [2.05, 4.69) is 4.90 Å². The molecule has 0 bridgehead atoms. The van der Waals surface area contributed by atoms with Crippen LogP contribution in [0.3, 0.4) is 0 Å². The van der Waals surface area contributed by atoms with E-state index in [1.165, 1.54) is 12.8 Å². The second-order valence-electron chi connectivity index (χ2n) is 8.30. The third-order valence-corrected chi connectivity index (χ3v) is 6.59. The number of piperidine rings is 1. The molecule has 3 aliphatic rings. The highest BCUT2D eigenvalue weighted by Gasteiger charge is 2.34. The van der Waals surface area contributed by atoms with E-state index in [9.17, 15) is 9.59 Å². The van der Waals surface area contributed by atoms with Crippen LogP contribution in [0.1, 0.15) is 44.1 Å². The molecule has 0 unspecified atom stereocenters. The van der Waals surface area contributed by atoms with Gasteiger partial charge in [-0.15, -0.1) is 0 Å². The number of amides is 2. The number of carbonyl (C=O) groups excluding carboxylic acids is 2. The second-order valence-corrected chi connectivity index (χ2v) is 8.74. The Hall–Kier alpha value is -1.75. The number of fused-ring (bicyclic) bond motifs is 1. The first-order chi connectivity index (χ1) is 13.6. The predicted octanol–water partition coefficient (Wildman–Crippen LogP) is 3.53. The molecule has 3 aliphatic heterocycles. The van der Waals surface area contributed by atoms with Gasteiger partial charge in [-0.05, 0) is 55.9 Å². The van der Waals surface area contributed by atoms with E-state index in [0.717, 1.165) is 50.1 Å². The van der Waals surface area contributed by atoms with Gasteiger partial charge in [0.1, 0.15) is 12.4 Å². The molecule has 1 aromatic carbocycles. The van der Waals surface area contributed by atoms with E-state index in [1.807, 2.05) is 23.1 Å². The molecule has 152 valence electrons. The van der Waals surface area contributed by atoms with Gasteiger partial charge in [0.15, 0.2) is 0 Å². The molecule has 2 amide bonds. The van der Waals surface area contributed by atoms with Crippen molar-refractivity contribution in [3.8, 4) is 5.75 Å². The lowest BCUT2D eigenvalue weighted by atomic mass is 9.91. The lowest BCUT2D eigenvalue weighted by Crippen LogP contribution is -2.47. The maximum Gasteiger partial charge on any atom is 0.229 e.